The van der Waals surface area contributed by atoms with E-state index in [1.54, 1.807) is 0 Å². The lowest BCUT2D eigenvalue weighted by Gasteiger charge is -2.15. The minimum atomic E-state index is -4.91. The van der Waals surface area contributed by atoms with Crippen molar-refractivity contribution in [3.63, 3.8) is 0 Å². The topological polar surface area (TPSA) is 121 Å². The van der Waals surface area contributed by atoms with Crippen LogP contribution < -0.4 is 14.7 Å². The summed E-state index contributed by atoms with van der Waals surface area (Å²) in [5, 5.41) is 10.9. The van der Waals surface area contributed by atoms with E-state index in [9.17, 15) is 41.1 Å². The number of sulfone groups is 1. The molecule has 0 fully saturated rings. The molecule has 2 amide bonds. The fraction of sp³-hybridized carbons (Fsp3) is 0.0455. The lowest BCUT2D eigenvalue weighted by molar-refractivity contribution is -0.274. The number of ether oxygens (including phenoxy) is 1. The van der Waals surface area contributed by atoms with Crippen LogP contribution in [0.15, 0.2) is 76.5 Å². The van der Waals surface area contributed by atoms with Crippen molar-refractivity contribution in [2.75, 3.05) is 4.90 Å². The number of fused-ring (bicyclic) bond motifs is 1. The molecule has 34 heavy (non-hydrogen) atoms. The molecule has 3 aromatic rings. The maximum absolute atomic E-state index is 12.9. The summed E-state index contributed by atoms with van der Waals surface area (Å²) in [4.78, 5) is 36.6. The number of alkyl halides is 3. The summed E-state index contributed by atoms with van der Waals surface area (Å²) in [7, 11) is -4.17. The first-order chi connectivity index (χ1) is 15.9. The maximum atomic E-state index is 12.9. The zero-order valence-electron chi connectivity index (χ0n) is 16.7. The van der Waals surface area contributed by atoms with Crippen LogP contribution in [0.2, 0.25) is 0 Å². The summed E-state index contributed by atoms with van der Waals surface area (Å²) in [5.74, 6) is -3.68. The predicted octanol–water partition coefficient (Wildman–Crippen LogP) is 2.58. The van der Waals surface area contributed by atoms with Crippen LogP contribution in [0.25, 0.3) is 0 Å². The summed E-state index contributed by atoms with van der Waals surface area (Å²) < 4.78 is 66.6. The first kappa shape index (κ1) is 23.0. The molecule has 0 bridgehead atoms. The number of carboxylic acid groups (broad SMARTS) is 1. The van der Waals surface area contributed by atoms with Gasteiger partial charge in [-0.2, -0.15) is 0 Å². The molecule has 3 aromatic carbocycles. The van der Waals surface area contributed by atoms with E-state index in [-0.39, 0.29) is 32.2 Å². The molecule has 0 aliphatic carbocycles. The van der Waals surface area contributed by atoms with Crippen LogP contribution in [-0.4, -0.2) is 32.6 Å². The molecule has 12 heteroatoms. The molecule has 0 saturated carbocycles. The van der Waals surface area contributed by atoms with E-state index in [2.05, 4.69) is 4.74 Å². The molecule has 1 heterocycles. The number of carbonyl (C=O) groups is 3. The third kappa shape index (κ3) is 4.10. The van der Waals surface area contributed by atoms with Crippen LogP contribution in [0.4, 0.5) is 18.9 Å². The normalized spacial score (nSPS) is 13.7. The lowest BCUT2D eigenvalue weighted by Crippen LogP contribution is -2.29. The molecule has 8 nitrogen and oxygen atoms in total. The molecule has 4 rings (SSSR count). The molecule has 0 saturated heterocycles. The summed E-state index contributed by atoms with van der Waals surface area (Å²) >= 11 is 0. The number of anilines is 1. The van der Waals surface area contributed by atoms with Gasteiger partial charge in [0.1, 0.15) is 5.75 Å². The number of hydrogen-bond donors (Lipinski definition) is 0. The van der Waals surface area contributed by atoms with E-state index in [0.717, 1.165) is 66.7 Å². The molecule has 0 aromatic heterocycles. The van der Waals surface area contributed by atoms with Gasteiger partial charge in [0, 0.05) is 0 Å². The molecular weight excluding hydrogens is 479 g/mol. The van der Waals surface area contributed by atoms with Gasteiger partial charge < -0.3 is 14.6 Å². The van der Waals surface area contributed by atoms with E-state index in [1.165, 1.54) is 0 Å². The largest absolute Gasteiger partial charge is 0.573 e. The Bertz CT molecular complexity index is 1430. The van der Waals surface area contributed by atoms with Gasteiger partial charge in [0.05, 0.1) is 32.6 Å². The van der Waals surface area contributed by atoms with Crippen LogP contribution in [0.1, 0.15) is 31.1 Å². The van der Waals surface area contributed by atoms with E-state index in [4.69, 9.17) is 0 Å². The predicted molar refractivity (Wildman–Crippen MR) is 107 cm³/mol. The highest BCUT2D eigenvalue weighted by atomic mass is 32.2. The number of halogens is 3. The summed E-state index contributed by atoms with van der Waals surface area (Å²) in [5.41, 5.74) is -0.570. The zero-order valence-corrected chi connectivity index (χ0v) is 17.5. The number of benzene rings is 3. The second kappa shape index (κ2) is 7.99. The fourth-order valence-corrected chi connectivity index (χ4v) is 4.61. The lowest BCUT2D eigenvalue weighted by atomic mass is 10.1. The molecule has 0 radical (unpaired) electrons. The number of hydrogen-bond acceptors (Lipinski definition) is 7. The first-order valence-corrected chi connectivity index (χ1v) is 10.8. The van der Waals surface area contributed by atoms with Crippen molar-refractivity contribution in [1.82, 2.24) is 0 Å². The minimum Gasteiger partial charge on any atom is -0.545 e. The Balaban J connectivity index is 1.65. The molecule has 0 unspecified atom stereocenters. The molecule has 0 N–H and O–H groups in total. The average molecular weight is 490 g/mol. The number of nitrogens with zero attached hydrogens (tertiary/aromatic N) is 1. The highest BCUT2D eigenvalue weighted by Gasteiger charge is 2.38. The highest BCUT2D eigenvalue weighted by Crippen LogP contribution is 2.33. The third-order valence-corrected chi connectivity index (χ3v) is 6.66. The fourth-order valence-electron chi connectivity index (χ4n) is 3.32. The Kier molecular flexibility index (Phi) is 5.40. The number of imide groups is 1. The number of rotatable bonds is 5. The first-order valence-electron chi connectivity index (χ1n) is 9.33. The summed E-state index contributed by atoms with van der Waals surface area (Å²) in [6.45, 7) is 0. The van der Waals surface area contributed by atoms with Crippen molar-refractivity contribution < 1.29 is 45.8 Å². The molecule has 0 atom stereocenters. The monoisotopic (exact) mass is 490 g/mol. The van der Waals surface area contributed by atoms with Crippen LogP contribution in [0.5, 0.6) is 5.75 Å². The van der Waals surface area contributed by atoms with E-state index in [0.29, 0.717) is 4.90 Å². The molecule has 174 valence electrons. The number of aromatic carboxylic acids is 1. The Morgan fingerprint density at radius 1 is 0.824 bits per heavy atom. The van der Waals surface area contributed by atoms with Crippen LogP contribution in [-0.2, 0) is 9.84 Å². The van der Waals surface area contributed by atoms with E-state index >= 15 is 0 Å². The van der Waals surface area contributed by atoms with Gasteiger partial charge in [-0.1, -0.05) is 12.1 Å². The second-order valence-corrected chi connectivity index (χ2v) is 8.96. The van der Waals surface area contributed by atoms with E-state index < -0.39 is 39.7 Å². The quantitative estimate of drug-likeness (QED) is 0.504. The van der Waals surface area contributed by atoms with Gasteiger partial charge in [-0.15, -0.1) is 13.2 Å². The summed E-state index contributed by atoms with van der Waals surface area (Å²) in [6, 6.07) is 11.6. The molecule has 1 aliphatic heterocycles. The van der Waals surface area contributed by atoms with Crippen LogP contribution >= 0.6 is 0 Å². The Morgan fingerprint density at radius 2 is 1.38 bits per heavy atom. The smallest absolute Gasteiger partial charge is 0.545 e. The molecule has 0 spiro atoms. The highest BCUT2D eigenvalue weighted by molar-refractivity contribution is 7.91. The van der Waals surface area contributed by atoms with Crippen molar-refractivity contribution >= 4 is 33.3 Å². The average Bonchev–Trinajstić information content (AvgIpc) is 3.03. The second-order valence-electron chi connectivity index (χ2n) is 7.01. The standard InChI is InChI=1S/C22H12F3NO7S/c23-22(24,25)33-14-5-3-13(4-6-14)26-19(27)17-10-9-16(11-18(17)20(26)28)34(31,32)15-7-1-12(2-8-15)21(29)30/h1-11H,(H,29,30)/p-1. The Morgan fingerprint density at radius 3 is 1.94 bits per heavy atom. The number of carbonyl (C=O) groups excluding carboxylic acids is 3. The third-order valence-electron chi connectivity index (χ3n) is 4.90. The van der Waals surface area contributed by atoms with Gasteiger partial charge in [-0.05, 0) is 60.2 Å². The van der Waals surface area contributed by atoms with Gasteiger partial charge in [0.25, 0.3) is 11.8 Å². The van der Waals surface area contributed by atoms with E-state index in [1.807, 2.05) is 0 Å². The Labute approximate surface area is 189 Å². The maximum Gasteiger partial charge on any atom is 0.573 e. The van der Waals surface area contributed by atoms with Crippen LogP contribution in [0.3, 0.4) is 0 Å². The van der Waals surface area contributed by atoms with Gasteiger partial charge >= 0.3 is 6.36 Å². The SMILES string of the molecule is O=C([O-])c1ccc(S(=O)(=O)c2ccc3c(c2)C(=O)N(c2ccc(OC(F)(F)F)cc2)C3=O)cc1. The van der Waals surface area contributed by atoms with Gasteiger partial charge in [-0.3, -0.25) is 9.59 Å². The van der Waals surface area contributed by atoms with Gasteiger partial charge in [0.2, 0.25) is 9.84 Å². The summed E-state index contributed by atoms with van der Waals surface area (Å²) in [6.07, 6.45) is -4.91. The van der Waals surface area contributed by atoms with Crippen molar-refractivity contribution in [1.29, 1.82) is 0 Å². The van der Waals surface area contributed by atoms with Crippen molar-refractivity contribution in [3.05, 3.63) is 83.4 Å². The number of carboxylic acids is 1. The van der Waals surface area contributed by atoms with Crippen LogP contribution in [0, 0.1) is 0 Å². The molecular formula is C22H11F3NO7S-. The van der Waals surface area contributed by atoms with Crippen molar-refractivity contribution in [3.8, 4) is 5.75 Å². The molecule has 1 aliphatic rings. The van der Waals surface area contributed by atoms with Gasteiger partial charge in [-0.25, -0.2) is 13.3 Å². The minimum absolute atomic E-state index is 0.0389. The van der Waals surface area contributed by atoms with Gasteiger partial charge in [0.15, 0.2) is 0 Å². The zero-order chi connectivity index (χ0) is 24.8. The number of amides is 2. The van der Waals surface area contributed by atoms with Crippen molar-refractivity contribution in [2.45, 2.75) is 16.2 Å². The van der Waals surface area contributed by atoms with Crippen molar-refractivity contribution in [2.24, 2.45) is 0 Å². The Hall–Kier alpha value is -4.19.